The Morgan fingerprint density at radius 3 is 2.75 bits per heavy atom. The summed E-state index contributed by atoms with van der Waals surface area (Å²) in [5.41, 5.74) is 6.31. The van der Waals surface area contributed by atoms with Crippen molar-refractivity contribution in [3.63, 3.8) is 0 Å². The van der Waals surface area contributed by atoms with Crippen LogP contribution in [0.25, 0.3) is 0 Å². The van der Waals surface area contributed by atoms with Gasteiger partial charge in [0, 0.05) is 38.8 Å². The standard InChI is InChI=1S/C14H18N4O2/c1-16-13(19)7-9-18(2)14(20)12-6-5-11(10-17-12)4-3-8-15/h5-6,10H,7-9,15H2,1-2H3,(H,16,19). The molecular formula is C14H18N4O2. The number of nitrogens with one attached hydrogen (secondary N) is 1. The fourth-order valence-electron chi connectivity index (χ4n) is 1.44. The van der Waals surface area contributed by atoms with E-state index in [4.69, 9.17) is 5.73 Å². The van der Waals surface area contributed by atoms with Crippen molar-refractivity contribution in [3.05, 3.63) is 29.6 Å². The van der Waals surface area contributed by atoms with Gasteiger partial charge in [-0.25, -0.2) is 4.98 Å². The van der Waals surface area contributed by atoms with Crippen LogP contribution >= 0.6 is 0 Å². The van der Waals surface area contributed by atoms with Crippen molar-refractivity contribution in [2.75, 3.05) is 27.2 Å². The zero-order valence-electron chi connectivity index (χ0n) is 11.6. The zero-order chi connectivity index (χ0) is 15.0. The Balaban J connectivity index is 2.65. The van der Waals surface area contributed by atoms with Gasteiger partial charge in [0.05, 0.1) is 6.54 Å². The van der Waals surface area contributed by atoms with E-state index < -0.39 is 0 Å². The van der Waals surface area contributed by atoms with Gasteiger partial charge in [0.1, 0.15) is 5.69 Å². The van der Waals surface area contributed by atoms with Crippen LogP contribution in [0.5, 0.6) is 0 Å². The molecule has 20 heavy (non-hydrogen) atoms. The Bertz CT molecular complexity index is 528. The Hall–Kier alpha value is -2.39. The van der Waals surface area contributed by atoms with Crippen LogP contribution in [-0.4, -0.2) is 48.9 Å². The van der Waals surface area contributed by atoms with Gasteiger partial charge in [0.15, 0.2) is 0 Å². The minimum Gasteiger partial charge on any atom is -0.359 e. The van der Waals surface area contributed by atoms with Crippen molar-refractivity contribution in [1.29, 1.82) is 0 Å². The number of rotatable bonds is 4. The summed E-state index contributed by atoms with van der Waals surface area (Å²) in [6.45, 7) is 0.623. The molecule has 106 valence electrons. The first kappa shape index (κ1) is 15.7. The number of carbonyl (C=O) groups is 2. The number of hydrogen-bond donors (Lipinski definition) is 2. The minimum atomic E-state index is -0.229. The molecule has 0 saturated carbocycles. The summed E-state index contributed by atoms with van der Waals surface area (Å²) >= 11 is 0. The normalized spacial score (nSPS) is 9.35. The smallest absolute Gasteiger partial charge is 0.272 e. The van der Waals surface area contributed by atoms with Gasteiger partial charge in [-0.2, -0.15) is 0 Å². The van der Waals surface area contributed by atoms with Crippen LogP contribution in [0.2, 0.25) is 0 Å². The average molecular weight is 274 g/mol. The number of carbonyl (C=O) groups excluding carboxylic acids is 2. The molecule has 0 aromatic carbocycles. The fraction of sp³-hybridized carbons (Fsp3) is 0.357. The molecule has 0 fully saturated rings. The van der Waals surface area contributed by atoms with E-state index in [1.54, 1.807) is 26.2 Å². The van der Waals surface area contributed by atoms with Crippen LogP contribution in [0.15, 0.2) is 18.3 Å². The summed E-state index contributed by atoms with van der Waals surface area (Å²) in [6, 6.07) is 3.33. The van der Waals surface area contributed by atoms with Gasteiger partial charge in [-0.1, -0.05) is 11.8 Å². The summed E-state index contributed by atoms with van der Waals surface area (Å²) in [7, 11) is 3.20. The zero-order valence-corrected chi connectivity index (χ0v) is 11.6. The molecule has 6 heteroatoms. The third-order valence-corrected chi connectivity index (χ3v) is 2.62. The van der Waals surface area contributed by atoms with Gasteiger partial charge < -0.3 is 16.0 Å². The lowest BCUT2D eigenvalue weighted by atomic mass is 10.2. The Morgan fingerprint density at radius 1 is 1.45 bits per heavy atom. The van der Waals surface area contributed by atoms with Gasteiger partial charge in [-0.05, 0) is 12.1 Å². The van der Waals surface area contributed by atoms with Crippen molar-refractivity contribution < 1.29 is 9.59 Å². The van der Waals surface area contributed by atoms with E-state index in [1.165, 1.54) is 11.1 Å². The number of aromatic nitrogens is 1. The van der Waals surface area contributed by atoms with Crippen molar-refractivity contribution in [1.82, 2.24) is 15.2 Å². The van der Waals surface area contributed by atoms with E-state index in [9.17, 15) is 9.59 Å². The maximum Gasteiger partial charge on any atom is 0.272 e. The average Bonchev–Trinajstić information content (AvgIpc) is 2.49. The molecule has 3 N–H and O–H groups in total. The second-order valence-corrected chi connectivity index (χ2v) is 4.09. The van der Waals surface area contributed by atoms with Gasteiger partial charge in [0.25, 0.3) is 5.91 Å². The maximum atomic E-state index is 12.0. The lowest BCUT2D eigenvalue weighted by Gasteiger charge is -2.15. The van der Waals surface area contributed by atoms with Crippen LogP contribution < -0.4 is 11.1 Å². The Kier molecular flexibility index (Phi) is 6.20. The van der Waals surface area contributed by atoms with E-state index in [0.717, 1.165) is 0 Å². The first-order chi connectivity index (χ1) is 9.58. The van der Waals surface area contributed by atoms with Crippen molar-refractivity contribution in [2.24, 2.45) is 5.73 Å². The first-order valence-corrected chi connectivity index (χ1v) is 6.19. The molecule has 6 nitrogen and oxygen atoms in total. The highest BCUT2D eigenvalue weighted by Gasteiger charge is 2.13. The molecule has 0 saturated heterocycles. The largest absolute Gasteiger partial charge is 0.359 e. The number of hydrogen-bond acceptors (Lipinski definition) is 4. The highest BCUT2D eigenvalue weighted by atomic mass is 16.2. The van der Waals surface area contributed by atoms with Crippen LogP contribution in [0.1, 0.15) is 22.5 Å². The van der Waals surface area contributed by atoms with Crippen molar-refractivity contribution in [3.8, 4) is 11.8 Å². The van der Waals surface area contributed by atoms with Gasteiger partial charge >= 0.3 is 0 Å². The van der Waals surface area contributed by atoms with Crippen LogP contribution in [0, 0.1) is 11.8 Å². The third-order valence-electron chi connectivity index (χ3n) is 2.62. The van der Waals surface area contributed by atoms with E-state index in [-0.39, 0.29) is 24.8 Å². The highest BCUT2D eigenvalue weighted by molar-refractivity contribution is 5.92. The Labute approximate surface area is 118 Å². The third kappa shape index (κ3) is 4.71. The van der Waals surface area contributed by atoms with Crippen LogP contribution in [0.4, 0.5) is 0 Å². The topological polar surface area (TPSA) is 88.3 Å². The molecule has 0 bridgehead atoms. The molecule has 0 aliphatic carbocycles. The van der Waals surface area contributed by atoms with Crippen molar-refractivity contribution >= 4 is 11.8 Å². The fourth-order valence-corrected chi connectivity index (χ4v) is 1.44. The second kappa shape index (κ2) is 7.92. The molecule has 1 rings (SSSR count). The van der Waals surface area contributed by atoms with Crippen LogP contribution in [-0.2, 0) is 4.79 Å². The van der Waals surface area contributed by atoms with E-state index in [0.29, 0.717) is 17.8 Å². The molecule has 0 aliphatic heterocycles. The highest BCUT2D eigenvalue weighted by Crippen LogP contribution is 2.03. The molecule has 0 radical (unpaired) electrons. The SMILES string of the molecule is CNC(=O)CCN(C)C(=O)c1ccc(C#CCN)cn1. The van der Waals surface area contributed by atoms with E-state index >= 15 is 0 Å². The molecule has 1 aromatic rings. The number of nitrogens with two attached hydrogens (primary N) is 1. The molecule has 0 unspecified atom stereocenters. The second-order valence-electron chi connectivity index (χ2n) is 4.09. The molecule has 0 aliphatic rings. The monoisotopic (exact) mass is 274 g/mol. The molecular weight excluding hydrogens is 256 g/mol. The van der Waals surface area contributed by atoms with E-state index in [1.807, 2.05) is 0 Å². The predicted molar refractivity (Wildman–Crippen MR) is 75.8 cm³/mol. The summed E-state index contributed by atoms with van der Waals surface area (Å²) in [6.07, 6.45) is 1.79. The van der Waals surface area contributed by atoms with Crippen molar-refractivity contribution in [2.45, 2.75) is 6.42 Å². The lowest BCUT2D eigenvalue weighted by molar-refractivity contribution is -0.120. The summed E-state index contributed by atoms with van der Waals surface area (Å²) in [4.78, 5) is 28.7. The predicted octanol–water partition coefficient (Wildman–Crippen LogP) is -0.400. The molecule has 2 amide bonds. The van der Waals surface area contributed by atoms with Crippen LogP contribution in [0.3, 0.4) is 0 Å². The summed E-state index contributed by atoms with van der Waals surface area (Å²) in [5, 5.41) is 2.51. The summed E-state index contributed by atoms with van der Waals surface area (Å²) < 4.78 is 0. The van der Waals surface area contributed by atoms with Gasteiger partial charge in [0.2, 0.25) is 5.91 Å². The Morgan fingerprint density at radius 2 is 2.20 bits per heavy atom. The number of amides is 2. The lowest BCUT2D eigenvalue weighted by Crippen LogP contribution is -2.31. The molecule has 1 heterocycles. The minimum absolute atomic E-state index is 0.106. The molecule has 0 spiro atoms. The van der Waals surface area contributed by atoms with Gasteiger partial charge in [-0.15, -0.1) is 0 Å². The maximum absolute atomic E-state index is 12.0. The quantitative estimate of drug-likeness (QED) is 0.731. The number of pyridine rings is 1. The number of nitrogens with zero attached hydrogens (tertiary/aromatic N) is 2. The first-order valence-electron chi connectivity index (χ1n) is 6.19. The molecule has 0 atom stereocenters. The van der Waals surface area contributed by atoms with E-state index in [2.05, 4.69) is 22.1 Å². The summed E-state index contributed by atoms with van der Waals surface area (Å²) in [5.74, 6) is 5.21. The van der Waals surface area contributed by atoms with Gasteiger partial charge in [-0.3, -0.25) is 9.59 Å². The molecule has 1 aromatic heterocycles.